The maximum Gasteiger partial charge on any atom is 0.335 e. The van der Waals surface area contributed by atoms with Crippen LogP contribution in [-0.4, -0.2) is 26.1 Å². The summed E-state index contributed by atoms with van der Waals surface area (Å²) in [6.07, 6.45) is 0.885. The predicted molar refractivity (Wildman–Crippen MR) is 71.4 cm³/mol. The Balaban J connectivity index is 3.14. The fourth-order valence-corrected chi connectivity index (χ4v) is 2.30. The fraction of sp³-hybridized carbons (Fsp3) is 0.417. The summed E-state index contributed by atoms with van der Waals surface area (Å²) in [6.45, 7) is 4.28. The van der Waals surface area contributed by atoms with Crippen LogP contribution in [0, 0.1) is 5.92 Å². The zero-order valence-corrected chi connectivity index (χ0v) is 12.2. The van der Waals surface area contributed by atoms with Crippen molar-refractivity contribution in [3.8, 4) is 5.75 Å². The minimum Gasteiger partial charge on any atom is -0.492 e. The minimum absolute atomic E-state index is 0.0697. The van der Waals surface area contributed by atoms with E-state index in [0.717, 1.165) is 12.5 Å². The number of carboxylic acids is 1. The zero-order chi connectivity index (χ0) is 14.6. The van der Waals surface area contributed by atoms with Gasteiger partial charge in [-0.2, -0.15) is 0 Å². The van der Waals surface area contributed by atoms with Crippen LogP contribution in [-0.2, 0) is 9.05 Å². The molecule has 0 fully saturated rings. The summed E-state index contributed by atoms with van der Waals surface area (Å²) in [5.74, 6) is -0.902. The molecule has 0 bridgehead atoms. The first-order chi connectivity index (χ1) is 8.75. The summed E-state index contributed by atoms with van der Waals surface area (Å²) in [5, 5.41) is 8.84. The third-order valence-corrected chi connectivity index (χ3v) is 4.02. The maximum absolute atomic E-state index is 11.4. The molecule has 0 heterocycles. The van der Waals surface area contributed by atoms with Crippen molar-refractivity contribution in [1.82, 2.24) is 0 Å². The van der Waals surface area contributed by atoms with E-state index in [9.17, 15) is 13.2 Å². The Morgan fingerprint density at radius 2 is 2.11 bits per heavy atom. The summed E-state index contributed by atoms with van der Waals surface area (Å²) in [6, 6.07) is 3.58. The summed E-state index contributed by atoms with van der Waals surface area (Å²) in [7, 11) is 1.23. The van der Waals surface area contributed by atoms with Crippen molar-refractivity contribution >= 4 is 25.7 Å². The molecule has 0 saturated heterocycles. The summed E-state index contributed by atoms with van der Waals surface area (Å²) >= 11 is 0. The van der Waals surface area contributed by atoms with E-state index in [1.807, 2.05) is 13.8 Å². The highest BCUT2D eigenvalue weighted by Crippen LogP contribution is 2.28. The third kappa shape index (κ3) is 4.40. The Labute approximate surface area is 116 Å². The molecule has 0 spiro atoms. The second-order valence-electron chi connectivity index (χ2n) is 4.23. The van der Waals surface area contributed by atoms with Crippen LogP contribution in [0.5, 0.6) is 5.75 Å². The number of carbonyl (C=O) groups is 1. The number of hydrogen-bond acceptors (Lipinski definition) is 4. The van der Waals surface area contributed by atoms with Gasteiger partial charge in [-0.1, -0.05) is 20.3 Å². The number of aromatic carboxylic acids is 1. The van der Waals surface area contributed by atoms with Crippen LogP contribution in [0.25, 0.3) is 0 Å². The molecular weight excluding hydrogens is 292 g/mol. The van der Waals surface area contributed by atoms with E-state index >= 15 is 0 Å². The first-order valence-corrected chi connectivity index (χ1v) is 8.01. The molecule has 0 aromatic heterocycles. The van der Waals surface area contributed by atoms with Gasteiger partial charge in [0.25, 0.3) is 9.05 Å². The number of carboxylic acid groups (broad SMARTS) is 1. The molecule has 1 rings (SSSR count). The first-order valence-electron chi connectivity index (χ1n) is 5.70. The summed E-state index contributed by atoms with van der Waals surface area (Å²) < 4.78 is 28.3. The Kier molecular flexibility index (Phi) is 5.20. The van der Waals surface area contributed by atoms with E-state index in [0.29, 0.717) is 6.61 Å². The molecule has 1 aromatic rings. The van der Waals surface area contributed by atoms with E-state index < -0.39 is 15.0 Å². The SMILES string of the molecule is CCC(C)COc1ccc(C(=O)O)cc1S(=O)(=O)Cl. The Bertz CT molecular complexity index is 567. The summed E-state index contributed by atoms with van der Waals surface area (Å²) in [5.41, 5.74) is -0.157. The lowest BCUT2D eigenvalue weighted by Crippen LogP contribution is -2.10. The average Bonchev–Trinajstić information content (AvgIpc) is 2.34. The molecule has 0 aliphatic rings. The topological polar surface area (TPSA) is 80.7 Å². The molecule has 7 heteroatoms. The number of hydrogen-bond donors (Lipinski definition) is 1. The molecule has 0 amide bonds. The highest BCUT2D eigenvalue weighted by atomic mass is 35.7. The molecule has 1 unspecified atom stereocenters. The van der Waals surface area contributed by atoms with E-state index in [1.54, 1.807) is 0 Å². The van der Waals surface area contributed by atoms with Gasteiger partial charge in [0.2, 0.25) is 0 Å². The van der Waals surface area contributed by atoms with Crippen molar-refractivity contribution in [3.05, 3.63) is 23.8 Å². The van der Waals surface area contributed by atoms with Crippen molar-refractivity contribution in [2.45, 2.75) is 25.2 Å². The van der Waals surface area contributed by atoms with Gasteiger partial charge in [-0.25, -0.2) is 13.2 Å². The summed E-state index contributed by atoms with van der Waals surface area (Å²) in [4.78, 5) is 10.5. The molecule has 0 aliphatic carbocycles. The van der Waals surface area contributed by atoms with Gasteiger partial charge in [-0.3, -0.25) is 0 Å². The number of rotatable bonds is 6. The minimum atomic E-state index is -4.06. The van der Waals surface area contributed by atoms with E-state index in [2.05, 4.69) is 0 Å². The highest BCUT2D eigenvalue weighted by Gasteiger charge is 2.20. The lowest BCUT2D eigenvalue weighted by Gasteiger charge is -2.13. The lowest BCUT2D eigenvalue weighted by atomic mass is 10.1. The van der Waals surface area contributed by atoms with Crippen LogP contribution in [0.4, 0.5) is 0 Å². The van der Waals surface area contributed by atoms with Crippen molar-refractivity contribution in [1.29, 1.82) is 0 Å². The molecule has 19 heavy (non-hydrogen) atoms. The maximum atomic E-state index is 11.4. The van der Waals surface area contributed by atoms with Gasteiger partial charge < -0.3 is 9.84 Å². The molecule has 0 radical (unpaired) electrons. The molecular formula is C12H15ClO5S. The molecule has 0 aliphatic heterocycles. The van der Waals surface area contributed by atoms with Crippen LogP contribution in [0.2, 0.25) is 0 Å². The van der Waals surface area contributed by atoms with Gasteiger partial charge in [0.15, 0.2) is 0 Å². The van der Waals surface area contributed by atoms with Crippen LogP contribution < -0.4 is 4.74 Å². The van der Waals surface area contributed by atoms with Crippen LogP contribution in [0.3, 0.4) is 0 Å². The molecule has 1 aromatic carbocycles. The number of ether oxygens (including phenoxy) is 1. The second-order valence-corrected chi connectivity index (χ2v) is 6.76. The zero-order valence-electron chi connectivity index (χ0n) is 10.6. The second kappa shape index (κ2) is 6.25. The molecule has 1 N–H and O–H groups in total. The van der Waals surface area contributed by atoms with Crippen molar-refractivity contribution in [3.63, 3.8) is 0 Å². The monoisotopic (exact) mass is 306 g/mol. The number of benzene rings is 1. The lowest BCUT2D eigenvalue weighted by molar-refractivity contribution is 0.0696. The van der Waals surface area contributed by atoms with E-state index in [4.69, 9.17) is 20.5 Å². The van der Waals surface area contributed by atoms with Gasteiger partial charge >= 0.3 is 5.97 Å². The molecule has 106 valence electrons. The van der Waals surface area contributed by atoms with E-state index in [1.165, 1.54) is 12.1 Å². The Hall–Kier alpha value is -1.27. The average molecular weight is 307 g/mol. The standard InChI is InChI=1S/C12H15ClO5S/c1-3-8(2)7-18-10-5-4-9(12(14)15)6-11(10)19(13,16)17/h4-6,8H,3,7H2,1-2H3,(H,14,15). The quantitative estimate of drug-likeness (QED) is 0.817. The van der Waals surface area contributed by atoms with Crippen molar-refractivity contribution < 1.29 is 23.1 Å². The fourth-order valence-electron chi connectivity index (χ4n) is 1.30. The molecule has 0 saturated carbocycles. The van der Waals surface area contributed by atoms with Gasteiger partial charge in [0, 0.05) is 10.7 Å². The van der Waals surface area contributed by atoms with Gasteiger partial charge in [-0.15, -0.1) is 0 Å². The smallest absolute Gasteiger partial charge is 0.335 e. The predicted octanol–water partition coefficient (Wildman–Crippen LogP) is 2.74. The van der Waals surface area contributed by atoms with Gasteiger partial charge in [-0.05, 0) is 24.1 Å². The highest BCUT2D eigenvalue weighted by molar-refractivity contribution is 8.13. The Morgan fingerprint density at radius 3 is 2.58 bits per heavy atom. The van der Waals surface area contributed by atoms with Crippen molar-refractivity contribution in [2.24, 2.45) is 5.92 Å². The van der Waals surface area contributed by atoms with Gasteiger partial charge in [0.05, 0.1) is 12.2 Å². The largest absolute Gasteiger partial charge is 0.492 e. The van der Waals surface area contributed by atoms with Crippen LogP contribution >= 0.6 is 10.7 Å². The molecule has 1 atom stereocenters. The molecule has 5 nitrogen and oxygen atoms in total. The number of halogens is 1. The first kappa shape index (κ1) is 15.8. The van der Waals surface area contributed by atoms with Crippen LogP contribution in [0.1, 0.15) is 30.6 Å². The van der Waals surface area contributed by atoms with E-state index in [-0.39, 0.29) is 22.1 Å². The Morgan fingerprint density at radius 1 is 1.47 bits per heavy atom. The third-order valence-electron chi connectivity index (χ3n) is 2.67. The van der Waals surface area contributed by atoms with Gasteiger partial charge in [0.1, 0.15) is 10.6 Å². The van der Waals surface area contributed by atoms with Crippen LogP contribution in [0.15, 0.2) is 23.1 Å². The normalized spacial score (nSPS) is 13.0. The van der Waals surface area contributed by atoms with Crippen molar-refractivity contribution in [2.75, 3.05) is 6.61 Å².